The summed E-state index contributed by atoms with van der Waals surface area (Å²) in [5.41, 5.74) is 0.733. The maximum Gasteiger partial charge on any atom is 0.271 e. The molecule has 1 fully saturated rings. The van der Waals surface area contributed by atoms with Crippen LogP contribution in [0.25, 0.3) is 0 Å². The molecule has 90 valence electrons. The molecule has 5 nitrogen and oxygen atoms in total. The minimum Gasteiger partial charge on any atom is -0.369 e. The first-order valence-corrected chi connectivity index (χ1v) is 5.66. The van der Waals surface area contributed by atoms with Crippen LogP contribution < -0.4 is 4.90 Å². The molecule has 0 spiro atoms. The Hall–Kier alpha value is -1.62. The highest BCUT2D eigenvalue weighted by molar-refractivity contribution is 6.33. The van der Waals surface area contributed by atoms with E-state index in [-0.39, 0.29) is 11.5 Å². The summed E-state index contributed by atoms with van der Waals surface area (Å²) in [6, 6.07) is 4.40. The monoisotopic (exact) mass is 254 g/mol. The standard InChI is InChI=1S/C11H11ClN2O3/c12-10-7-8(14(16)17)1-2-11(10)13-5-3-9(15)4-6-13/h1-2,7H,3-6H2. The lowest BCUT2D eigenvalue weighted by Gasteiger charge is -2.28. The minimum atomic E-state index is -0.477. The van der Waals surface area contributed by atoms with Crippen molar-refractivity contribution in [2.24, 2.45) is 0 Å². The van der Waals surface area contributed by atoms with Gasteiger partial charge in [-0.1, -0.05) is 11.6 Å². The van der Waals surface area contributed by atoms with Crippen molar-refractivity contribution in [1.29, 1.82) is 0 Å². The number of anilines is 1. The highest BCUT2D eigenvalue weighted by Crippen LogP contribution is 2.30. The molecule has 17 heavy (non-hydrogen) atoms. The van der Waals surface area contributed by atoms with Crippen LogP contribution in [0.1, 0.15) is 12.8 Å². The van der Waals surface area contributed by atoms with Gasteiger partial charge >= 0.3 is 0 Å². The molecule has 0 atom stereocenters. The Morgan fingerprint density at radius 1 is 1.29 bits per heavy atom. The molecular weight excluding hydrogens is 244 g/mol. The second-order valence-corrected chi connectivity index (χ2v) is 4.33. The molecule has 1 aliphatic heterocycles. The van der Waals surface area contributed by atoms with Crippen molar-refractivity contribution < 1.29 is 9.72 Å². The number of carbonyl (C=O) groups is 1. The summed E-state index contributed by atoms with van der Waals surface area (Å²) in [4.78, 5) is 23.2. The van der Waals surface area contributed by atoms with Crippen LogP contribution in [0.2, 0.25) is 5.02 Å². The van der Waals surface area contributed by atoms with Gasteiger partial charge in [-0.05, 0) is 6.07 Å². The van der Waals surface area contributed by atoms with E-state index < -0.39 is 4.92 Å². The van der Waals surface area contributed by atoms with Gasteiger partial charge in [0, 0.05) is 38.1 Å². The van der Waals surface area contributed by atoms with Crippen LogP contribution in [0, 0.1) is 10.1 Å². The van der Waals surface area contributed by atoms with E-state index in [4.69, 9.17) is 11.6 Å². The Kier molecular flexibility index (Phi) is 3.28. The minimum absolute atomic E-state index is 0.0214. The van der Waals surface area contributed by atoms with Gasteiger partial charge in [0.05, 0.1) is 15.6 Å². The van der Waals surface area contributed by atoms with Gasteiger partial charge in [-0.2, -0.15) is 0 Å². The van der Waals surface area contributed by atoms with Gasteiger partial charge in [0.2, 0.25) is 0 Å². The number of nitrogens with zero attached hydrogens (tertiary/aromatic N) is 2. The molecule has 0 unspecified atom stereocenters. The van der Waals surface area contributed by atoms with Gasteiger partial charge in [-0.25, -0.2) is 0 Å². The number of Topliss-reactive ketones (excluding diaryl/α,β-unsaturated/α-hetero) is 1. The van der Waals surface area contributed by atoms with Crippen molar-refractivity contribution in [3.05, 3.63) is 33.3 Å². The number of benzene rings is 1. The van der Waals surface area contributed by atoms with Gasteiger partial charge in [-0.3, -0.25) is 14.9 Å². The van der Waals surface area contributed by atoms with Crippen LogP contribution in [0.15, 0.2) is 18.2 Å². The van der Waals surface area contributed by atoms with Gasteiger partial charge in [-0.15, -0.1) is 0 Å². The fourth-order valence-corrected chi connectivity index (χ4v) is 2.16. The zero-order valence-electron chi connectivity index (χ0n) is 9.06. The van der Waals surface area contributed by atoms with Gasteiger partial charge in [0.1, 0.15) is 5.78 Å². The summed E-state index contributed by atoms with van der Waals surface area (Å²) in [5, 5.41) is 10.9. The number of carbonyl (C=O) groups excluding carboxylic acids is 1. The largest absolute Gasteiger partial charge is 0.369 e. The van der Waals surface area contributed by atoms with Crippen molar-refractivity contribution in [3.63, 3.8) is 0 Å². The van der Waals surface area contributed by atoms with E-state index >= 15 is 0 Å². The summed E-state index contributed by atoms with van der Waals surface area (Å²) in [7, 11) is 0. The molecule has 1 aromatic carbocycles. The molecule has 0 N–H and O–H groups in total. The molecule has 0 saturated carbocycles. The molecule has 1 aliphatic rings. The number of hydrogen-bond acceptors (Lipinski definition) is 4. The Morgan fingerprint density at radius 2 is 1.94 bits per heavy atom. The molecule has 1 aromatic rings. The zero-order chi connectivity index (χ0) is 12.4. The molecule has 0 bridgehead atoms. The van der Waals surface area contributed by atoms with Crippen molar-refractivity contribution >= 4 is 28.8 Å². The topological polar surface area (TPSA) is 63.5 Å². The van der Waals surface area contributed by atoms with Crippen LogP contribution in [0.5, 0.6) is 0 Å². The third kappa shape index (κ3) is 2.55. The van der Waals surface area contributed by atoms with Crippen molar-refractivity contribution in [2.45, 2.75) is 12.8 Å². The number of piperidine rings is 1. The maximum atomic E-state index is 11.1. The normalized spacial score (nSPS) is 16.1. The fourth-order valence-electron chi connectivity index (χ4n) is 1.86. The molecular formula is C11H11ClN2O3. The number of hydrogen-bond donors (Lipinski definition) is 0. The molecule has 0 amide bonds. The molecule has 6 heteroatoms. The average Bonchev–Trinajstić information content (AvgIpc) is 2.30. The number of nitro benzene ring substituents is 1. The van der Waals surface area contributed by atoms with Crippen LogP contribution in [0.3, 0.4) is 0 Å². The highest BCUT2D eigenvalue weighted by Gasteiger charge is 2.19. The molecule has 1 heterocycles. The summed E-state index contributed by atoms with van der Waals surface area (Å²) in [6.45, 7) is 1.24. The van der Waals surface area contributed by atoms with Crippen LogP contribution in [-0.4, -0.2) is 23.8 Å². The summed E-state index contributed by atoms with van der Waals surface area (Å²) in [5.74, 6) is 0.249. The Balaban J connectivity index is 2.21. The number of non-ortho nitro benzene ring substituents is 1. The van der Waals surface area contributed by atoms with Crippen molar-refractivity contribution in [1.82, 2.24) is 0 Å². The first kappa shape index (κ1) is 11.9. The van der Waals surface area contributed by atoms with E-state index in [1.807, 2.05) is 4.90 Å². The zero-order valence-corrected chi connectivity index (χ0v) is 9.81. The lowest BCUT2D eigenvalue weighted by molar-refractivity contribution is -0.384. The predicted octanol–water partition coefficient (Wildman–Crippen LogP) is 2.42. The molecule has 0 aromatic heterocycles. The maximum absolute atomic E-state index is 11.1. The van der Waals surface area contributed by atoms with E-state index in [0.717, 1.165) is 5.69 Å². The highest BCUT2D eigenvalue weighted by atomic mass is 35.5. The molecule has 2 rings (SSSR count). The Labute approximate surface area is 103 Å². The second-order valence-electron chi connectivity index (χ2n) is 3.92. The van der Waals surface area contributed by atoms with E-state index in [1.54, 1.807) is 6.07 Å². The lowest BCUT2D eigenvalue weighted by Crippen LogP contribution is -2.33. The molecule has 0 aliphatic carbocycles. The quantitative estimate of drug-likeness (QED) is 0.601. The van der Waals surface area contributed by atoms with Crippen LogP contribution in [-0.2, 0) is 4.79 Å². The summed E-state index contributed by atoms with van der Waals surface area (Å²) < 4.78 is 0. The molecule has 0 radical (unpaired) electrons. The number of nitro groups is 1. The van der Waals surface area contributed by atoms with Gasteiger partial charge < -0.3 is 4.90 Å². The molecule has 1 saturated heterocycles. The Bertz CT molecular complexity index is 466. The summed E-state index contributed by atoms with van der Waals surface area (Å²) in [6.07, 6.45) is 1.01. The Morgan fingerprint density at radius 3 is 2.47 bits per heavy atom. The van der Waals surface area contributed by atoms with Gasteiger partial charge in [0.25, 0.3) is 5.69 Å². The average molecular weight is 255 g/mol. The number of halogens is 1. The lowest BCUT2D eigenvalue weighted by atomic mass is 10.1. The SMILES string of the molecule is O=C1CCN(c2ccc([N+](=O)[O-])cc2Cl)CC1. The van der Waals surface area contributed by atoms with E-state index in [1.165, 1.54) is 12.1 Å². The second kappa shape index (κ2) is 4.71. The smallest absolute Gasteiger partial charge is 0.271 e. The van der Waals surface area contributed by atoms with Crippen LogP contribution >= 0.6 is 11.6 Å². The first-order valence-electron chi connectivity index (χ1n) is 5.28. The third-order valence-corrected chi connectivity index (χ3v) is 3.11. The van der Waals surface area contributed by atoms with Gasteiger partial charge in [0.15, 0.2) is 0 Å². The van der Waals surface area contributed by atoms with Crippen LogP contribution in [0.4, 0.5) is 11.4 Å². The number of rotatable bonds is 2. The van der Waals surface area contributed by atoms with Crippen molar-refractivity contribution in [2.75, 3.05) is 18.0 Å². The third-order valence-electron chi connectivity index (χ3n) is 2.80. The number of ketones is 1. The first-order chi connectivity index (χ1) is 8.08. The fraction of sp³-hybridized carbons (Fsp3) is 0.364. The van der Waals surface area contributed by atoms with E-state index in [9.17, 15) is 14.9 Å². The van der Waals surface area contributed by atoms with E-state index in [2.05, 4.69) is 0 Å². The summed E-state index contributed by atoms with van der Waals surface area (Å²) >= 11 is 6.01. The predicted molar refractivity (Wildman–Crippen MR) is 64.6 cm³/mol. The van der Waals surface area contributed by atoms with Crippen molar-refractivity contribution in [3.8, 4) is 0 Å². The van der Waals surface area contributed by atoms with E-state index in [0.29, 0.717) is 31.0 Å².